The lowest BCUT2D eigenvalue weighted by molar-refractivity contribution is 0.0828. The van der Waals surface area contributed by atoms with Crippen LogP contribution in [0.3, 0.4) is 0 Å². The van der Waals surface area contributed by atoms with Crippen molar-refractivity contribution < 1.29 is 9.53 Å². The third-order valence-corrected chi connectivity index (χ3v) is 5.28. The maximum absolute atomic E-state index is 12.7. The number of ether oxygens (including phenoxy) is 1. The molecule has 0 bridgehead atoms. The number of carbonyl (C=O) groups is 1. The smallest absolute Gasteiger partial charge is 0.255 e. The topological polar surface area (TPSA) is 48.1 Å². The van der Waals surface area contributed by atoms with Crippen molar-refractivity contribution in [3.63, 3.8) is 0 Å². The van der Waals surface area contributed by atoms with Crippen molar-refractivity contribution in [1.29, 1.82) is 0 Å². The van der Waals surface area contributed by atoms with Crippen LogP contribution in [-0.2, 0) is 0 Å². The van der Waals surface area contributed by atoms with Crippen LogP contribution in [0.25, 0.3) is 0 Å². The molecule has 7 heteroatoms. The molecule has 3 rings (SSSR count). The monoisotopic (exact) mass is 432 g/mol. The Morgan fingerprint density at radius 3 is 2.20 bits per heavy atom. The van der Waals surface area contributed by atoms with E-state index in [-0.39, 0.29) is 18.3 Å². The average molecular weight is 433 g/mol. The van der Waals surface area contributed by atoms with Gasteiger partial charge < -0.3 is 24.8 Å². The third kappa shape index (κ3) is 5.11. The number of carbonyl (C=O) groups excluding carboxylic acids is 1. The van der Waals surface area contributed by atoms with Gasteiger partial charge in [0, 0.05) is 46.8 Å². The van der Waals surface area contributed by atoms with Crippen molar-refractivity contribution in [2.24, 2.45) is 0 Å². The van der Waals surface area contributed by atoms with Crippen molar-refractivity contribution >= 4 is 35.4 Å². The fourth-order valence-corrected chi connectivity index (χ4v) is 3.74. The van der Waals surface area contributed by atoms with Gasteiger partial charge in [0.25, 0.3) is 5.91 Å². The Hall–Kier alpha value is -2.60. The second-order valence-corrected chi connectivity index (χ2v) is 7.47. The Kier molecular flexibility index (Phi) is 8.66. The van der Waals surface area contributed by atoms with Crippen molar-refractivity contribution in [3.05, 3.63) is 48.0 Å². The molecule has 30 heavy (non-hydrogen) atoms. The van der Waals surface area contributed by atoms with Crippen LogP contribution in [0.4, 0.5) is 17.1 Å². The predicted molar refractivity (Wildman–Crippen MR) is 128 cm³/mol. The Bertz CT molecular complexity index is 836. The number of hydrogen-bond donors (Lipinski definition) is 1. The van der Waals surface area contributed by atoms with Crippen molar-refractivity contribution in [3.8, 4) is 5.75 Å². The lowest BCUT2D eigenvalue weighted by Crippen LogP contribution is -2.47. The first-order valence-corrected chi connectivity index (χ1v) is 10.3. The lowest BCUT2D eigenvalue weighted by Gasteiger charge is -2.38. The van der Waals surface area contributed by atoms with E-state index in [4.69, 9.17) is 4.74 Å². The van der Waals surface area contributed by atoms with Gasteiger partial charge in [0.1, 0.15) is 5.75 Å². The summed E-state index contributed by atoms with van der Waals surface area (Å²) in [4.78, 5) is 19.1. The molecule has 1 N–H and O–H groups in total. The molecule has 1 fully saturated rings. The summed E-state index contributed by atoms with van der Waals surface area (Å²) in [7, 11) is 5.31. The molecule has 0 atom stereocenters. The van der Waals surface area contributed by atoms with E-state index in [1.165, 1.54) is 0 Å². The number of methoxy groups -OCH3 is 1. The van der Waals surface area contributed by atoms with E-state index in [0.717, 1.165) is 67.5 Å². The summed E-state index contributed by atoms with van der Waals surface area (Å²) in [6.45, 7) is 6.55. The minimum atomic E-state index is 0. The summed E-state index contributed by atoms with van der Waals surface area (Å²) in [6.07, 6.45) is 1.01. The second-order valence-electron chi connectivity index (χ2n) is 7.47. The van der Waals surface area contributed by atoms with Gasteiger partial charge in [0.05, 0.1) is 29.7 Å². The second kappa shape index (κ2) is 11.0. The first-order valence-electron chi connectivity index (χ1n) is 10.3. The fourth-order valence-electron chi connectivity index (χ4n) is 3.74. The van der Waals surface area contributed by atoms with Gasteiger partial charge in [-0.25, -0.2) is 0 Å². The average Bonchev–Trinajstić information content (AvgIpc) is 2.77. The lowest BCUT2D eigenvalue weighted by atomic mass is 10.1. The van der Waals surface area contributed by atoms with Gasteiger partial charge in [-0.1, -0.05) is 25.1 Å². The first kappa shape index (κ1) is 23.7. The van der Waals surface area contributed by atoms with Gasteiger partial charge in [0.2, 0.25) is 0 Å². The van der Waals surface area contributed by atoms with Crippen LogP contribution in [0.2, 0.25) is 0 Å². The van der Waals surface area contributed by atoms with E-state index in [1.807, 2.05) is 30.3 Å². The van der Waals surface area contributed by atoms with Gasteiger partial charge in [-0.15, -0.1) is 12.4 Å². The minimum absolute atomic E-state index is 0. The number of halogens is 1. The summed E-state index contributed by atoms with van der Waals surface area (Å²) in [5.41, 5.74) is 3.91. The molecule has 0 aliphatic carbocycles. The molecule has 164 valence electrons. The van der Waals surface area contributed by atoms with Crippen LogP contribution in [0.15, 0.2) is 42.5 Å². The number of nitrogens with one attached hydrogen (secondary N) is 1. The number of piperazine rings is 1. The molecular formula is C23H33ClN4O2. The zero-order valence-corrected chi connectivity index (χ0v) is 19.2. The zero-order valence-electron chi connectivity index (χ0n) is 18.4. The number of anilines is 3. The molecule has 0 aromatic heterocycles. The first-order chi connectivity index (χ1) is 14.1. The quantitative estimate of drug-likeness (QED) is 0.717. The summed E-state index contributed by atoms with van der Waals surface area (Å²) >= 11 is 0. The molecule has 1 aliphatic rings. The standard InChI is InChI=1S/C23H32N4O2.ClH/c1-5-13-24-22-18(23(28)25(2)3)9-8-11-20(22)27-16-14-26(15-17-27)19-10-6-7-12-21(19)29-4;/h6-12,24H,5,13-17H2,1-4H3;1H. The van der Waals surface area contributed by atoms with Crippen LogP contribution in [0, 0.1) is 0 Å². The summed E-state index contributed by atoms with van der Waals surface area (Å²) in [6, 6.07) is 14.2. The van der Waals surface area contributed by atoms with Crippen LogP contribution < -0.4 is 19.9 Å². The molecule has 1 saturated heterocycles. The highest BCUT2D eigenvalue weighted by Gasteiger charge is 2.24. The van der Waals surface area contributed by atoms with Crippen molar-refractivity contribution in [1.82, 2.24) is 4.90 Å². The summed E-state index contributed by atoms with van der Waals surface area (Å²) in [5, 5.41) is 3.50. The number of hydrogen-bond acceptors (Lipinski definition) is 5. The van der Waals surface area contributed by atoms with Crippen LogP contribution in [0.5, 0.6) is 5.75 Å². The molecule has 6 nitrogen and oxygen atoms in total. The van der Waals surface area contributed by atoms with Gasteiger partial charge in [-0.05, 0) is 30.7 Å². The Morgan fingerprint density at radius 1 is 1.00 bits per heavy atom. The predicted octanol–water partition coefficient (Wildman–Crippen LogP) is 3.97. The van der Waals surface area contributed by atoms with Gasteiger partial charge >= 0.3 is 0 Å². The molecule has 0 spiro atoms. The van der Waals surface area contributed by atoms with E-state index < -0.39 is 0 Å². The number of para-hydroxylation sites is 3. The fraction of sp³-hybridized carbons (Fsp3) is 0.435. The van der Waals surface area contributed by atoms with Crippen LogP contribution >= 0.6 is 12.4 Å². The van der Waals surface area contributed by atoms with E-state index in [0.29, 0.717) is 0 Å². The number of benzene rings is 2. The molecule has 2 aromatic carbocycles. The molecule has 0 unspecified atom stereocenters. The highest BCUT2D eigenvalue weighted by atomic mass is 35.5. The molecule has 1 heterocycles. The van der Waals surface area contributed by atoms with E-state index >= 15 is 0 Å². The number of amides is 1. The molecule has 0 radical (unpaired) electrons. The number of nitrogens with zero attached hydrogens (tertiary/aromatic N) is 3. The van der Waals surface area contributed by atoms with E-state index in [9.17, 15) is 4.79 Å². The largest absolute Gasteiger partial charge is 0.495 e. The molecule has 1 aliphatic heterocycles. The molecular weight excluding hydrogens is 400 g/mol. The molecule has 1 amide bonds. The van der Waals surface area contributed by atoms with Crippen molar-refractivity contribution in [2.45, 2.75) is 13.3 Å². The Labute approximate surface area is 186 Å². The van der Waals surface area contributed by atoms with E-state index in [1.54, 1.807) is 26.1 Å². The minimum Gasteiger partial charge on any atom is -0.495 e. The van der Waals surface area contributed by atoms with Gasteiger partial charge in [-0.2, -0.15) is 0 Å². The third-order valence-electron chi connectivity index (χ3n) is 5.28. The van der Waals surface area contributed by atoms with Gasteiger partial charge in [-0.3, -0.25) is 4.79 Å². The molecule has 2 aromatic rings. The SMILES string of the molecule is CCCNc1c(C(=O)N(C)C)cccc1N1CCN(c2ccccc2OC)CC1.Cl. The number of rotatable bonds is 7. The maximum atomic E-state index is 12.7. The van der Waals surface area contributed by atoms with Crippen molar-refractivity contribution in [2.75, 3.05) is 69.0 Å². The molecule has 0 saturated carbocycles. The summed E-state index contributed by atoms with van der Waals surface area (Å²) < 4.78 is 5.53. The zero-order chi connectivity index (χ0) is 20.8. The van der Waals surface area contributed by atoms with Gasteiger partial charge in [0.15, 0.2) is 0 Å². The highest BCUT2D eigenvalue weighted by molar-refractivity contribution is 6.02. The Morgan fingerprint density at radius 2 is 1.60 bits per heavy atom. The Balaban J connectivity index is 0.00000320. The highest BCUT2D eigenvalue weighted by Crippen LogP contribution is 2.33. The summed E-state index contributed by atoms with van der Waals surface area (Å²) in [5.74, 6) is 0.933. The maximum Gasteiger partial charge on any atom is 0.255 e. The normalized spacial score (nSPS) is 13.5. The van der Waals surface area contributed by atoms with Crippen LogP contribution in [-0.4, -0.2) is 64.7 Å². The van der Waals surface area contributed by atoms with E-state index in [2.05, 4.69) is 34.2 Å². The van der Waals surface area contributed by atoms with Crippen LogP contribution in [0.1, 0.15) is 23.7 Å².